The van der Waals surface area contributed by atoms with Crippen molar-refractivity contribution in [2.75, 3.05) is 7.11 Å². The maximum atomic E-state index is 5.73. The van der Waals surface area contributed by atoms with Gasteiger partial charge in [0.1, 0.15) is 0 Å². The van der Waals surface area contributed by atoms with Crippen molar-refractivity contribution >= 4 is 22.6 Å². The lowest BCUT2D eigenvalue weighted by Gasteiger charge is -2.05. The summed E-state index contributed by atoms with van der Waals surface area (Å²) in [7, 11) is 1.61. The van der Waals surface area contributed by atoms with Crippen molar-refractivity contribution in [1.82, 2.24) is 10.2 Å². The number of aromatic nitrogens is 2. The number of rotatable bonds is 2. The summed E-state index contributed by atoms with van der Waals surface area (Å²) in [5.74, 6) is 0.695. The molecule has 0 radical (unpaired) electrons. The van der Waals surface area contributed by atoms with Gasteiger partial charge in [0.15, 0.2) is 16.5 Å². The number of hydrogen-bond acceptors (Lipinski definition) is 4. The van der Waals surface area contributed by atoms with Gasteiger partial charge in [-0.1, -0.05) is 11.6 Å². The monoisotopic (exact) mass is 260 g/mol. The highest BCUT2D eigenvalue weighted by Crippen LogP contribution is 2.34. The van der Waals surface area contributed by atoms with E-state index in [4.69, 9.17) is 20.8 Å². The number of methoxy groups -OCH3 is 1. The molecule has 3 aromatic rings. The van der Waals surface area contributed by atoms with Crippen LogP contribution in [0.1, 0.15) is 0 Å². The summed E-state index contributed by atoms with van der Waals surface area (Å²) in [6, 6.07) is 9.18. The van der Waals surface area contributed by atoms with Gasteiger partial charge in [0.25, 0.3) is 0 Å². The molecule has 0 spiro atoms. The van der Waals surface area contributed by atoms with E-state index in [1.54, 1.807) is 19.4 Å². The molecule has 0 aliphatic rings. The second kappa shape index (κ2) is 4.31. The number of ether oxygens (including phenoxy) is 1. The van der Waals surface area contributed by atoms with Crippen molar-refractivity contribution in [2.24, 2.45) is 0 Å². The fourth-order valence-electron chi connectivity index (χ4n) is 1.88. The molecule has 2 aromatic heterocycles. The van der Waals surface area contributed by atoms with Crippen LogP contribution in [0.3, 0.4) is 0 Å². The predicted octanol–water partition coefficient (Wildman–Crippen LogP) is 3.55. The number of fused-ring (bicyclic) bond motifs is 1. The zero-order chi connectivity index (χ0) is 12.5. The van der Waals surface area contributed by atoms with Gasteiger partial charge in [-0.05, 0) is 30.3 Å². The molecular weight excluding hydrogens is 252 g/mol. The van der Waals surface area contributed by atoms with Crippen LogP contribution in [0.2, 0.25) is 5.15 Å². The van der Waals surface area contributed by atoms with Crippen LogP contribution in [-0.2, 0) is 0 Å². The summed E-state index contributed by atoms with van der Waals surface area (Å²) < 4.78 is 10.7. The van der Waals surface area contributed by atoms with Gasteiger partial charge in [-0.2, -0.15) is 0 Å². The van der Waals surface area contributed by atoms with E-state index >= 15 is 0 Å². The van der Waals surface area contributed by atoms with E-state index in [2.05, 4.69) is 10.2 Å². The molecule has 0 bridgehead atoms. The van der Waals surface area contributed by atoms with Crippen molar-refractivity contribution in [3.8, 4) is 17.0 Å². The average molecular weight is 261 g/mol. The number of hydrogen-bond donors (Lipinski definition) is 0. The van der Waals surface area contributed by atoms with Crippen molar-refractivity contribution in [3.05, 3.63) is 41.7 Å². The molecule has 3 rings (SSSR count). The van der Waals surface area contributed by atoms with Crippen LogP contribution in [0.25, 0.3) is 22.2 Å². The zero-order valence-corrected chi connectivity index (χ0v) is 10.3. The van der Waals surface area contributed by atoms with Gasteiger partial charge in [-0.15, -0.1) is 10.2 Å². The molecule has 0 unspecified atom stereocenters. The summed E-state index contributed by atoms with van der Waals surface area (Å²) in [6.07, 6.45) is 1.63. The summed E-state index contributed by atoms with van der Waals surface area (Å²) >= 11 is 5.73. The molecule has 0 fully saturated rings. The summed E-state index contributed by atoms with van der Waals surface area (Å²) in [4.78, 5) is 0. The molecule has 4 nitrogen and oxygen atoms in total. The second-order valence-corrected chi connectivity index (χ2v) is 4.11. The molecule has 0 atom stereocenters. The van der Waals surface area contributed by atoms with Crippen LogP contribution < -0.4 is 4.74 Å². The van der Waals surface area contributed by atoms with E-state index in [9.17, 15) is 0 Å². The van der Waals surface area contributed by atoms with Crippen LogP contribution in [-0.4, -0.2) is 17.3 Å². The number of benzene rings is 1. The van der Waals surface area contributed by atoms with Gasteiger partial charge < -0.3 is 9.15 Å². The Morgan fingerprint density at radius 2 is 2.00 bits per heavy atom. The lowest BCUT2D eigenvalue weighted by Crippen LogP contribution is -1.89. The van der Waals surface area contributed by atoms with Crippen LogP contribution in [0.4, 0.5) is 0 Å². The lowest BCUT2D eigenvalue weighted by atomic mass is 10.1. The maximum absolute atomic E-state index is 5.73. The third kappa shape index (κ3) is 1.71. The number of furan rings is 1. The highest BCUT2D eigenvalue weighted by Gasteiger charge is 2.12. The van der Waals surface area contributed by atoms with E-state index in [1.807, 2.05) is 24.3 Å². The minimum Gasteiger partial charge on any atom is -0.493 e. The van der Waals surface area contributed by atoms with Gasteiger partial charge in [-0.3, -0.25) is 0 Å². The first kappa shape index (κ1) is 11.0. The maximum Gasteiger partial charge on any atom is 0.176 e. The van der Waals surface area contributed by atoms with E-state index in [0.29, 0.717) is 16.5 Å². The first-order chi connectivity index (χ1) is 8.79. The van der Waals surface area contributed by atoms with Gasteiger partial charge in [0.2, 0.25) is 0 Å². The smallest absolute Gasteiger partial charge is 0.176 e. The first-order valence-electron chi connectivity index (χ1n) is 5.33. The molecule has 0 amide bonds. The molecule has 0 saturated carbocycles. The minimum absolute atomic E-state index is 0.371. The van der Waals surface area contributed by atoms with Crippen molar-refractivity contribution in [3.63, 3.8) is 0 Å². The molecule has 0 aliphatic heterocycles. The first-order valence-corrected chi connectivity index (χ1v) is 5.71. The average Bonchev–Trinajstić information content (AvgIpc) is 2.88. The topological polar surface area (TPSA) is 48.2 Å². The Morgan fingerprint density at radius 3 is 2.72 bits per heavy atom. The Hall–Kier alpha value is -2.07. The summed E-state index contributed by atoms with van der Waals surface area (Å²) in [5.41, 5.74) is 2.38. The quantitative estimate of drug-likeness (QED) is 0.707. The van der Waals surface area contributed by atoms with Crippen LogP contribution in [0.15, 0.2) is 41.0 Å². The Kier molecular flexibility index (Phi) is 2.64. The normalized spacial score (nSPS) is 10.8. The summed E-state index contributed by atoms with van der Waals surface area (Å²) in [6.45, 7) is 0. The molecular formula is C13H9ClN2O2. The van der Waals surface area contributed by atoms with Crippen molar-refractivity contribution in [2.45, 2.75) is 0 Å². The van der Waals surface area contributed by atoms with Crippen molar-refractivity contribution < 1.29 is 9.15 Å². The Balaban J connectivity index is 2.24. The summed E-state index contributed by atoms with van der Waals surface area (Å²) in [5, 5.41) is 9.22. The predicted molar refractivity (Wildman–Crippen MR) is 68.8 cm³/mol. The minimum atomic E-state index is 0.371. The number of nitrogens with zero attached hydrogens (tertiary/aromatic N) is 2. The Morgan fingerprint density at radius 1 is 1.11 bits per heavy atom. The molecule has 90 valence electrons. The molecule has 1 aromatic carbocycles. The fraction of sp³-hybridized carbons (Fsp3) is 0.0769. The third-order valence-electron chi connectivity index (χ3n) is 2.71. The second-order valence-electron chi connectivity index (χ2n) is 3.72. The van der Waals surface area contributed by atoms with E-state index in [1.165, 1.54) is 0 Å². The molecule has 18 heavy (non-hydrogen) atoms. The highest BCUT2D eigenvalue weighted by molar-refractivity contribution is 6.29. The van der Waals surface area contributed by atoms with E-state index < -0.39 is 0 Å². The van der Waals surface area contributed by atoms with Gasteiger partial charge >= 0.3 is 0 Å². The standard InChI is InChI=1S/C13H9ClN2O2/c1-17-11-4-2-8(9-6-7-18-13(9)11)10-3-5-12(14)16-15-10/h2-7H,1H3. The Bertz CT molecular complexity index is 692. The van der Waals surface area contributed by atoms with Gasteiger partial charge in [0.05, 0.1) is 19.1 Å². The lowest BCUT2D eigenvalue weighted by molar-refractivity contribution is 0.410. The Labute approximate surface area is 108 Å². The zero-order valence-electron chi connectivity index (χ0n) is 9.55. The molecule has 2 heterocycles. The third-order valence-corrected chi connectivity index (χ3v) is 2.91. The van der Waals surface area contributed by atoms with Crippen LogP contribution >= 0.6 is 11.6 Å². The van der Waals surface area contributed by atoms with Crippen LogP contribution in [0, 0.1) is 0 Å². The molecule has 0 saturated heterocycles. The van der Waals surface area contributed by atoms with E-state index in [0.717, 1.165) is 16.6 Å². The molecule has 5 heteroatoms. The van der Waals surface area contributed by atoms with Gasteiger partial charge in [0, 0.05) is 10.9 Å². The largest absolute Gasteiger partial charge is 0.493 e. The fourth-order valence-corrected chi connectivity index (χ4v) is 1.98. The highest BCUT2D eigenvalue weighted by atomic mass is 35.5. The SMILES string of the molecule is COc1ccc(-c2ccc(Cl)nn2)c2ccoc12. The van der Waals surface area contributed by atoms with E-state index in [-0.39, 0.29) is 0 Å². The molecule has 0 aliphatic carbocycles. The van der Waals surface area contributed by atoms with Crippen LogP contribution in [0.5, 0.6) is 5.75 Å². The van der Waals surface area contributed by atoms with Crippen molar-refractivity contribution in [1.29, 1.82) is 0 Å². The molecule has 0 N–H and O–H groups in total. The number of halogens is 1. The van der Waals surface area contributed by atoms with Gasteiger partial charge in [-0.25, -0.2) is 0 Å².